The Balaban J connectivity index is 2.32. The summed E-state index contributed by atoms with van der Waals surface area (Å²) in [5, 5.41) is 9.44. The molecule has 3 aromatic heterocycles. The Bertz CT molecular complexity index is 1080. The van der Waals surface area contributed by atoms with Crippen molar-refractivity contribution in [2.75, 3.05) is 0 Å². The van der Waals surface area contributed by atoms with E-state index in [0.29, 0.717) is 27.9 Å². The van der Waals surface area contributed by atoms with Gasteiger partial charge in [0.25, 0.3) is 5.56 Å². The van der Waals surface area contributed by atoms with Crippen molar-refractivity contribution in [2.45, 2.75) is 0 Å². The predicted octanol–water partition coefficient (Wildman–Crippen LogP) is 1.60. The van der Waals surface area contributed by atoms with Crippen LogP contribution in [0, 0.1) is 11.3 Å². The molecule has 0 saturated heterocycles. The normalized spacial score (nSPS) is 11.2. The second-order valence-corrected chi connectivity index (χ2v) is 4.41. The molecular weight excluding hydrogens is 254 g/mol. The molecule has 0 radical (unpaired) electrons. The summed E-state index contributed by atoms with van der Waals surface area (Å²) < 4.78 is 1.78. The summed E-state index contributed by atoms with van der Waals surface area (Å²) in [6, 6.07) is 10.7. The molecular formula is C14H7N5O. The monoisotopic (exact) mass is 261 g/mol. The minimum Gasteiger partial charge on any atom is -0.291 e. The molecule has 0 amide bonds. The number of aromatic amines is 1. The first-order valence-corrected chi connectivity index (χ1v) is 5.97. The Morgan fingerprint density at radius 2 is 2.20 bits per heavy atom. The molecule has 1 aromatic carbocycles. The van der Waals surface area contributed by atoms with Crippen LogP contribution in [0.3, 0.4) is 0 Å². The molecule has 1 N–H and O–H groups in total. The summed E-state index contributed by atoms with van der Waals surface area (Å²) in [5.74, 6) is 0.422. The Morgan fingerprint density at radius 3 is 3.05 bits per heavy atom. The van der Waals surface area contributed by atoms with E-state index >= 15 is 0 Å². The lowest BCUT2D eigenvalue weighted by Crippen LogP contribution is -2.10. The molecule has 0 aliphatic heterocycles. The van der Waals surface area contributed by atoms with Gasteiger partial charge in [0.2, 0.25) is 5.78 Å². The van der Waals surface area contributed by atoms with Gasteiger partial charge in [-0.2, -0.15) is 5.26 Å². The summed E-state index contributed by atoms with van der Waals surface area (Å²) >= 11 is 0. The maximum atomic E-state index is 12.0. The van der Waals surface area contributed by atoms with Crippen LogP contribution in [0.15, 0.2) is 41.3 Å². The van der Waals surface area contributed by atoms with Gasteiger partial charge in [0, 0.05) is 6.20 Å². The molecule has 0 spiro atoms. The average Bonchev–Trinajstić information content (AvgIpc) is 2.84. The number of fused-ring (bicyclic) bond motifs is 5. The molecule has 0 unspecified atom stereocenters. The minimum atomic E-state index is -0.226. The van der Waals surface area contributed by atoms with Crippen LogP contribution >= 0.6 is 0 Å². The van der Waals surface area contributed by atoms with Crippen molar-refractivity contribution in [1.29, 1.82) is 5.26 Å². The van der Waals surface area contributed by atoms with Gasteiger partial charge in [-0.15, -0.1) is 0 Å². The highest BCUT2D eigenvalue weighted by atomic mass is 16.1. The number of H-pyrrole nitrogens is 1. The van der Waals surface area contributed by atoms with Gasteiger partial charge in [0.1, 0.15) is 0 Å². The van der Waals surface area contributed by atoms with E-state index in [1.807, 2.05) is 0 Å². The SMILES string of the molecule is N#Cc1ccc2c(c1)nc1[nH]c(=O)c3cccnc3n12. The number of imidazole rings is 1. The molecule has 0 aliphatic rings. The number of nitrogens with zero attached hydrogens (tertiary/aromatic N) is 4. The molecule has 94 valence electrons. The molecule has 4 aromatic rings. The quantitative estimate of drug-likeness (QED) is 0.520. The largest absolute Gasteiger partial charge is 0.291 e. The number of hydrogen-bond donors (Lipinski definition) is 1. The van der Waals surface area contributed by atoms with Crippen LogP contribution < -0.4 is 5.56 Å². The number of pyridine rings is 1. The molecule has 0 atom stereocenters. The maximum Gasteiger partial charge on any atom is 0.261 e. The number of nitrogens with one attached hydrogen (secondary N) is 1. The minimum absolute atomic E-state index is 0.226. The molecule has 0 aliphatic carbocycles. The van der Waals surface area contributed by atoms with E-state index < -0.39 is 0 Å². The van der Waals surface area contributed by atoms with E-state index in [0.717, 1.165) is 5.52 Å². The molecule has 6 heteroatoms. The van der Waals surface area contributed by atoms with Crippen molar-refractivity contribution in [3.05, 3.63) is 52.4 Å². The summed E-state index contributed by atoms with van der Waals surface area (Å²) in [5.41, 5.74) is 2.31. The van der Waals surface area contributed by atoms with Gasteiger partial charge < -0.3 is 0 Å². The smallest absolute Gasteiger partial charge is 0.261 e. The summed E-state index contributed by atoms with van der Waals surface area (Å²) in [4.78, 5) is 23.3. The number of hydrogen-bond acceptors (Lipinski definition) is 4. The van der Waals surface area contributed by atoms with Crippen LogP contribution in [0.25, 0.3) is 27.8 Å². The third-order valence-corrected chi connectivity index (χ3v) is 3.25. The fourth-order valence-electron chi connectivity index (χ4n) is 2.37. The van der Waals surface area contributed by atoms with Crippen molar-refractivity contribution >= 4 is 27.8 Å². The van der Waals surface area contributed by atoms with E-state index in [-0.39, 0.29) is 5.56 Å². The zero-order valence-electron chi connectivity index (χ0n) is 10.2. The van der Waals surface area contributed by atoms with E-state index in [1.54, 1.807) is 40.9 Å². The van der Waals surface area contributed by atoms with Crippen molar-refractivity contribution < 1.29 is 0 Å². The van der Waals surface area contributed by atoms with Crippen molar-refractivity contribution in [2.24, 2.45) is 0 Å². The third kappa shape index (κ3) is 1.29. The lowest BCUT2D eigenvalue weighted by molar-refractivity contribution is 1.12. The highest BCUT2D eigenvalue weighted by Gasteiger charge is 2.11. The molecule has 0 fully saturated rings. The molecule has 6 nitrogen and oxygen atoms in total. The van der Waals surface area contributed by atoms with Gasteiger partial charge >= 0.3 is 0 Å². The van der Waals surface area contributed by atoms with Gasteiger partial charge in [-0.1, -0.05) is 0 Å². The van der Waals surface area contributed by atoms with Crippen molar-refractivity contribution in [3.63, 3.8) is 0 Å². The van der Waals surface area contributed by atoms with Crippen LogP contribution in [0.5, 0.6) is 0 Å². The Labute approximate surface area is 111 Å². The Kier molecular flexibility index (Phi) is 1.95. The standard InChI is InChI=1S/C14H7N5O/c15-7-8-3-4-11-10(6-8)17-14-18-13(20)9-2-1-5-16-12(9)19(11)14/h1-6H,(H,17,18,20). The molecule has 0 bridgehead atoms. The van der Waals surface area contributed by atoms with Crippen LogP contribution in [0.1, 0.15) is 5.56 Å². The number of nitriles is 1. The van der Waals surface area contributed by atoms with Gasteiger partial charge in [-0.3, -0.25) is 14.2 Å². The summed E-state index contributed by atoms with van der Waals surface area (Å²) in [7, 11) is 0. The number of benzene rings is 1. The molecule has 4 rings (SSSR count). The maximum absolute atomic E-state index is 12.0. The number of aromatic nitrogens is 4. The van der Waals surface area contributed by atoms with Crippen LogP contribution in [-0.4, -0.2) is 19.4 Å². The van der Waals surface area contributed by atoms with E-state index in [1.165, 1.54) is 0 Å². The molecule has 20 heavy (non-hydrogen) atoms. The first-order valence-electron chi connectivity index (χ1n) is 5.97. The number of rotatable bonds is 0. The van der Waals surface area contributed by atoms with E-state index in [4.69, 9.17) is 5.26 Å². The highest BCUT2D eigenvalue weighted by molar-refractivity contribution is 5.87. The second kappa shape index (κ2) is 3.65. The topological polar surface area (TPSA) is 86.8 Å². The van der Waals surface area contributed by atoms with Crippen LogP contribution in [0.4, 0.5) is 0 Å². The van der Waals surface area contributed by atoms with Gasteiger partial charge in [0.05, 0.1) is 28.1 Å². The summed E-state index contributed by atoms with van der Waals surface area (Å²) in [6.45, 7) is 0. The first kappa shape index (κ1) is 10.7. The highest BCUT2D eigenvalue weighted by Crippen LogP contribution is 2.19. The zero-order chi connectivity index (χ0) is 13.7. The fourth-order valence-corrected chi connectivity index (χ4v) is 2.37. The lowest BCUT2D eigenvalue weighted by Gasteiger charge is -2.00. The van der Waals surface area contributed by atoms with Gasteiger partial charge in [-0.05, 0) is 30.3 Å². The fraction of sp³-hybridized carbons (Fsp3) is 0. The van der Waals surface area contributed by atoms with Crippen molar-refractivity contribution in [1.82, 2.24) is 19.4 Å². The first-order chi connectivity index (χ1) is 9.78. The second-order valence-electron chi connectivity index (χ2n) is 4.41. The Hall–Kier alpha value is -3.20. The third-order valence-electron chi connectivity index (χ3n) is 3.25. The van der Waals surface area contributed by atoms with E-state index in [9.17, 15) is 4.79 Å². The van der Waals surface area contributed by atoms with E-state index in [2.05, 4.69) is 21.0 Å². The lowest BCUT2D eigenvalue weighted by atomic mass is 10.2. The molecule has 3 heterocycles. The average molecular weight is 261 g/mol. The predicted molar refractivity (Wildman–Crippen MR) is 73.3 cm³/mol. The van der Waals surface area contributed by atoms with Crippen LogP contribution in [0.2, 0.25) is 0 Å². The Morgan fingerprint density at radius 1 is 1.30 bits per heavy atom. The van der Waals surface area contributed by atoms with Gasteiger partial charge in [0.15, 0.2) is 5.65 Å². The van der Waals surface area contributed by atoms with Gasteiger partial charge in [-0.25, -0.2) is 9.97 Å². The van der Waals surface area contributed by atoms with Crippen LogP contribution in [-0.2, 0) is 0 Å². The van der Waals surface area contributed by atoms with Crippen molar-refractivity contribution in [3.8, 4) is 6.07 Å². The zero-order valence-corrected chi connectivity index (χ0v) is 10.2. The molecule has 0 saturated carbocycles. The summed E-state index contributed by atoms with van der Waals surface area (Å²) in [6.07, 6.45) is 1.64.